The Balaban J connectivity index is 1.08. The fraction of sp³-hybridized carbons (Fsp3) is 0.500. The summed E-state index contributed by atoms with van der Waals surface area (Å²) in [5.41, 5.74) is 3.45. The van der Waals surface area contributed by atoms with Gasteiger partial charge in [0.05, 0.1) is 31.6 Å². The lowest BCUT2D eigenvalue weighted by Crippen LogP contribution is -2.51. The number of benzene rings is 1. The van der Waals surface area contributed by atoms with Gasteiger partial charge in [0, 0.05) is 25.6 Å². The molecule has 5 aromatic rings. The van der Waals surface area contributed by atoms with E-state index in [1.165, 1.54) is 7.11 Å². The quantitative estimate of drug-likeness (QED) is 0.180. The van der Waals surface area contributed by atoms with Crippen molar-refractivity contribution >= 4 is 40.1 Å². The van der Waals surface area contributed by atoms with Crippen LogP contribution in [-0.2, 0) is 14.3 Å². The Morgan fingerprint density at radius 3 is 1.96 bits per heavy atom. The van der Waals surface area contributed by atoms with E-state index >= 15 is 0 Å². The third-order valence-electron chi connectivity index (χ3n) is 9.26. The average Bonchev–Trinajstić information content (AvgIpc) is 3.90. The second kappa shape index (κ2) is 13.0. The molecule has 0 spiro atoms. The van der Waals surface area contributed by atoms with Gasteiger partial charge in [-0.2, -0.15) is 0 Å². The summed E-state index contributed by atoms with van der Waals surface area (Å²) < 4.78 is 17.0. The molecule has 0 radical (unpaired) electrons. The fourth-order valence-electron chi connectivity index (χ4n) is 6.82. The van der Waals surface area contributed by atoms with Gasteiger partial charge in [-0.3, -0.25) is 9.59 Å². The van der Waals surface area contributed by atoms with E-state index < -0.39 is 12.1 Å². The number of methoxy groups -OCH3 is 1. The maximum Gasteiger partial charge on any atom is 0.407 e. The Morgan fingerprint density at radius 2 is 1.43 bits per heavy atom. The SMILES string of the molecule is COC(=O)NC(C(=O)N1CCCC1c1ncc(-c2nc3cc4nc(-c5cnc(C6CCCN6C(=O)CC(C)C)[nH]5)oc4cc3o2)[nH]1)C(C)C. The zero-order valence-corrected chi connectivity index (χ0v) is 28.3. The summed E-state index contributed by atoms with van der Waals surface area (Å²) in [5, 5.41) is 2.67. The van der Waals surface area contributed by atoms with Crippen LogP contribution in [0.2, 0.25) is 0 Å². The highest BCUT2D eigenvalue weighted by molar-refractivity contribution is 5.91. The van der Waals surface area contributed by atoms with Crippen molar-refractivity contribution in [1.29, 1.82) is 0 Å². The zero-order chi connectivity index (χ0) is 34.4. The molecule has 49 heavy (non-hydrogen) atoms. The van der Waals surface area contributed by atoms with Crippen LogP contribution in [0.5, 0.6) is 0 Å². The number of rotatable bonds is 9. The summed E-state index contributed by atoms with van der Waals surface area (Å²) in [6.07, 6.45) is 6.55. The Labute approximate surface area is 282 Å². The van der Waals surface area contributed by atoms with Gasteiger partial charge in [-0.15, -0.1) is 0 Å². The van der Waals surface area contributed by atoms with E-state index in [-0.39, 0.29) is 29.8 Å². The lowest BCUT2D eigenvalue weighted by atomic mass is 10.0. The maximum absolute atomic E-state index is 13.5. The number of aromatic nitrogens is 6. The van der Waals surface area contributed by atoms with Crippen LogP contribution in [0.1, 0.15) is 83.5 Å². The summed E-state index contributed by atoms with van der Waals surface area (Å²) in [6, 6.07) is 2.48. The van der Waals surface area contributed by atoms with E-state index in [9.17, 15) is 14.4 Å². The van der Waals surface area contributed by atoms with Crippen LogP contribution in [0.3, 0.4) is 0 Å². The first-order valence-corrected chi connectivity index (χ1v) is 16.9. The van der Waals surface area contributed by atoms with Gasteiger partial charge in [0.1, 0.15) is 40.1 Å². The average molecular weight is 672 g/mol. The number of imidazole rings is 2. The largest absolute Gasteiger partial charge is 0.453 e. The number of likely N-dealkylation sites (tertiary alicyclic amines) is 2. The second-order valence-electron chi connectivity index (χ2n) is 13.6. The molecule has 15 nitrogen and oxygen atoms in total. The molecule has 6 heterocycles. The Hall–Kier alpha value is -5.21. The first-order chi connectivity index (χ1) is 23.6. The predicted molar refractivity (Wildman–Crippen MR) is 178 cm³/mol. The highest BCUT2D eigenvalue weighted by atomic mass is 16.5. The molecule has 3 amide bonds. The van der Waals surface area contributed by atoms with Crippen molar-refractivity contribution in [1.82, 2.24) is 45.0 Å². The number of aromatic amines is 2. The van der Waals surface area contributed by atoms with Crippen molar-refractivity contribution in [2.75, 3.05) is 20.2 Å². The number of H-pyrrole nitrogens is 2. The van der Waals surface area contributed by atoms with Gasteiger partial charge in [-0.05, 0) is 43.6 Å². The number of ether oxygens (including phenoxy) is 1. The summed E-state index contributed by atoms with van der Waals surface area (Å²) in [5.74, 6) is 2.22. The van der Waals surface area contributed by atoms with Crippen molar-refractivity contribution < 1.29 is 28.0 Å². The van der Waals surface area contributed by atoms with E-state index in [4.69, 9.17) is 13.6 Å². The van der Waals surface area contributed by atoms with Crippen molar-refractivity contribution in [2.24, 2.45) is 11.8 Å². The van der Waals surface area contributed by atoms with Gasteiger partial charge >= 0.3 is 6.09 Å². The minimum absolute atomic E-state index is 0.0879. The Morgan fingerprint density at radius 1 is 0.878 bits per heavy atom. The third-order valence-corrected chi connectivity index (χ3v) is 9.26. The molecule has 1 aromatic carbocycles. The number of amides is 3. The normalized spacial score (nSPS) is 18.8. The van der Waals surface area contributed by atoms with Gasteiger partial charge in [0.2, 0.25) is 23.6 Å². The topological polar surface area (TPSA) is 188 Å². The van der Waals surface area contributed by atoms with Gasteiger partial charge in [-0.1, -0.05) is 27.7 Å². The molecular weight excluding hydrogens is 630 g/mol. The van der Waals surface area contributed by atoms with Gasteiger partial charge in [0.15, 0.2) is 11.2 Å². The molecule has 3 atom stereocenters. The molecular formula is C34H41N9O6. The van der Waals surface area contributed by atoms with Crippen LogP contribution >= 0.6 is 0 Å². The van der Waals surface area contributed by atoms with E-state index in [1.54, 1.807) is 29.4 Å². The molecule has 2 saturated heterocycles. The van der Waals surface area contributed by atoms with Crippen molar-refractivity contribution in [3.63, 3.8) is 0 Å². The monoisotopic (exact) mass is 671 g/mol. The second-order valence-corrected chi connectivity index (χ2v) is 13.6. The van der Waals surface area contributed by atoms with Crippen LogP contribution in [0.25, 0.3) is 45.4 Å². The zero-order valence-electron chi connectivity index (χ0n) is 28.3. The number of fused-ring (bicyclic) bond motifs is 2. The lowest BCUT2D eigenvalue weighted by molar-refractivity contribution is -0.135. The van der Waals surface area contributed by atoms with E-state index in [0.717, 1.165) is 38.1 Å². The van der Waals surface area contributed by atoms with Crippen LogP contribution < -0.4 is 5.32 Å². The van der Waals surface area contributed by atoms with Gasteiger partial charge in [0.25, 0.3) is 0 Å². The molecule has 15 heteroatoms. The van der Waals surface area contributed by atoms with Crippen molar-refractivity contribution in [3.8, 4) is 23.2 Å². The minimum atomic E-state index is -0.718. The van der Waals surface area contributed by atoms with Crippen LogP contribution in [0.15, 0.2) is 33.4 Å². The smallest absolute Gasteiger partial charge is 0.407 e. The summed E-state index contributed by atoms with van der Waals surface area (Å²) in [4.78, 5) is 67.1. The molecule has 2 fully saturated rings. The molecule has 2 aliphatic rings. The number of nitrogens with zero attached hydrogens (tertiary/aromatic N) is 6. The summed E-state index contributed by atoms with van der Waals surface area (Å²) >= 11 is 0. The molecule has 7 rings (SSSR count). The maximum atomic E-state index is 13.5. The number of carbonyl (C=O) groups excluding carboxylic acids is 3. The Kier molecular flexibility index (Phi) is 8.59. The molecule has 2 aliphatic heterocycles. The summed E-state index contributed by atoms with van der Waals surface area (Å²) in [7, 11) is 1.28. The van der Waals surface area contributed by atoms with Gasteiger partial charge in [-0.25, -0.2) is 24.7 Å². The number of nitrogens with one attached hydrogen (secondary N) is 3. The highest BCUT2D eigenvalue weighted by Crippen LogP contribution is 2.36. The number of hydrogen-bond donors (Lipinski definition) is 3. The van der Waals surface area contributed by atoms with E-state index in [2.05, 4.69) is 49.1 Å². The van der Waals surface area contributed by atoms with Crippen molar-refractivity contribution in [2.45, 2.75) is 77.9 Å². The van der Waals surface area contributed by atoms with Gasteiger partial charge < -0.3 is 38.7 Å². The first kappa shape index (κ1) is 32.3. The molecule has 4 aromatic heterocycles. The molecule has 3 unspecified atom stereocenters. The Bertz CT molecular complexity index is 1950. The van der Waals surface area contributed by atoms with Crippen LogP contribution in [-0.4, -0.2) is 83.9 Å². The molecule has 0 bridgehead atoms. The number of hydrogen-bond acceptors (Lipinski definition) is 10. The minimum Gasteiger partial charge on any atom is -0.453 e. The van der Waals surface area contributed by atoms with Crippen molar-refractivity contribution in [3.05, 3.63) is 36.2 Å². The lowest BCUT2D eigenvalue weighted by Gasteiger charge is -2.29. The molecule has 0 saturated carbocycles. The van der Waals surface area contributed by atoms with E-state index in [0.29, 0.717) is 70.1 Å². The summed E-state index contributed by atoms with van der Waals surface area (Å²) in [6.45, 7) is 9.15. The van der Waals surface area contributed by atoms with Crippen LogP contribution in [0, 0.1) is 11.8 Å². The first-order valence-electron chi connectivity index (χ1n) is 16.9. The third kappa shape index (κ3) is 6.24. The van der Waals surface area contributed by atoms with E-state index in [1.807, 2.05) is 18.7 Å². The molecule has 258 valence electrons. The van der Waals surface area contributed by atoms with Crippen LogP contribution in [0.4, 0.5) is 4.79 Å². The standard InChI is InChI=1S/C34H41N9O6/c1-17(2)12-27(44)42-10-6-8-23(42)29-35-15-21(37-29)31-39-19-13-20-26(14-25(19)48-31)49-32(40-20)22-16-36-30(38-22)24-9-7-11-43(24)33(45)28(18(3)4)41-34(46)47-5/h13-18,23-24,28H,6-12H2,1-5H3,(H,35,37)(H,36,38)(H,41,46). The fourth-order valence-corrected chi connectivity index (χ4v) is 6.82. The number of carbonyl (C=O) groups is 3. The number of alkyl carbamates (subject to hydrolysis) is 1. The number of oxazole rings is 2. The predicted octanol–water partition coefficient (Wildman–Crippen LogP) is 5.50. The molecule has 3 N–H and O–H groups in total. The molecule has 0 aliphatic carbocycles. The highest BCUT2D eigenvalue weighted by Gasteiger charge is 2.38.